The van der Waals surface area contributed by atoms with Gasteiger partial charge in [0.1, 0.15) is 6.04 Å². The Balaban J connectivity index is 1.51. The number of hydrogen-bond acceptors (Lipinski definition) is 3. The fourth-order valence-electron chi connectivity index (χ4n) is 4.33. The molecular weight excluding hydrogens is 300 g/mol. The van der Waals surface area contributed by atoms with Crippen LogP contribution in [-0.2, 0) is 0 Å². The molecule has 2 aromatic rings. The molecule has 5 rings (SSSR count). The van der Waals surface area contributed by atoms with Crippen LogP contribution >= 0.6 is 0 Å². The first-order chi connectivity index (χ1) is 11.7. The molecule has 0 bridgehead atoms. The number of benzene rings is 1. The maximum atomic E-state index is 13.1. The van der Waals surface area contributed by atoms with Crippen molar-refractivity contribution in [1.82, 2.24) is 9.88 Å². The van der Waals surface area contributed by atoms with Gasteiger partial charge in [0.2, 0.25) is 0 Å². The predicted octanol–water partition coefficient (Wildman–Crippen LogP) is 3.31. The third-order valence-electron chi connectivity index (χ3n) is 5.92. The van der Waals surface area contributed by atoms with Crippen LogP contribution in [0.4, 0.5) is 10.5 Å². The van der Waals surface area contributed by atoms with E-state index in [1.807, 2.05) is 29.2 Å². The molecule has 2 saturated carbocycles. The number of carbonyl (C=O) groups excluding carboxylic acids is 1. The van der Waals surface area contributed by atoms with Crippen molar-refractivity contribution in [2.24, 2.45) is 5.41 Å². The number of hydrogen-bond donors (Lipinski definition) is 0. The smallest absolute Gasteiger partial charge is 0.318 e. The van der Waals surface area contributed by atoms with E-state index >= 15 is 0 Å². The molecule has 24 heavy (non-hydrogen) atoms. The lowest BCUT2D eigenvalue weighted by atomic mass is 9.76. The predicted molar refractivity (Wildman–Crippen MR) is 90.4 cm³/mol. The normalized spacial score (nSPS) is 25.1. The number of nitriles is 1. The number of aromatic nitrogens is 1. The summed E-state index contributed by atoms with van der Waals surface area (Å²) in [5.74, 6) is 0. The summed E-state index contributed by atoms with van der Waals surface area (Å²) < 4.78 is 0. The molecule has 2 amide bonds. The van der Waals surface area contributed by atoms with Gasteiger partial charge in [0, 0.05) is 23.0 Å². The first-order valence-electron chi connectivity index (χ1n) is 8.53. The molecule has 3 fully saturated rings. The van der Waals surface area contributed by atoms with Gasteiger partial charge in [-0.05, 0) is 31.1 Å². The van der Waals surface area contributed by atoms with E-state index < -0.39 is 6.04 Å². The van der Waals surface area contributed by atoms with E-state index in [0.717, 1.165) is 29.3 Å². The van der Waals surface area contributed by atoms with Crippen molar-refractivity contribution in [2.45, 2.75) is 37.8 Å². The van der Waals surface area contributed by atoms with E-state index in [-0.39, 0.29) is 6.03 Å². The van der Waals surface area contributed by atoms with E-state index in [4.69, 9.17) is 0 Å². The van der Waals surface area contributed by atoms with Gasteiger partial charge in [0.25, 0.3) is 0 Å². The van der Waals surface area contributed by atoms with Crippen LogP contribution in [0.25, 0.3) is 10.8 Å². The highest BCUT2D eigenvalue weighted by molar-refractivity contribution is 6.04. The van der Waals surface area contributed by atoms with Gasteiger partial charge in [0.15, 0.2) is 0 Å². The lowest BCUT2D eigenvalue weighted by molar-refractivity contribution is 0.102. The molecule has 0 radical (unpaired) electrons. The molecule has 3 aliphatic rings. The van der Waals surface area contributed by atoms with Gasteiger partial charge in [-0.1, -0.05) is 24.3 Å². The Kier molecular flexibility index (Phi) is 2.70. The minimum Gasteiger partial charge on any atom is -0.318 e. The van der Waals surface area contributed by atoms with Crippen LogP contribution in [0.15, 0.2) is 36.7 Å². The zero-order valence-corrected chi connectivity index (χ0v) is 13.4. The first-order valence-corrected chi connectivity index (χ1v) is 8.53. The van der Waals surface area contributed by atoms with Gasteiger partial charge in [-0.2, -0.15) is 5.26 Å². The van der Waals surface area contributed by atoms with Crippen molar-refractivity contribution >= 4 is 22.5 Å². The number of anilines is 1. The Morgan fingerprint density at radius 1 is 1.21 bits per heavy atom. The topological polar surface area (TPSA) is 60.2 Å². The molecule has 5 heteroatoms. The summed E-state index contributed by atoms with van der Waals surface area (Å²) >= 11 is 0. The largest absolute Gasteiger partial charge is 0.326 e. The summed E-state index contributed by atoms with van der Waals surface area (Å²) in [6.45, 7) is 0.499. The highest BCUT2D eigenvalue weighted by atomic mass is 16.2. The number of amides is 2. The maximum absolute atomic E-state index is 13.1. The number of pyridine rings is 1. The molecule has 1 saturated heterocycles. The molecule has 1 atom stereocenters. The van der Waals surface area contributed by atoms with Gasteiger partial charge in [-0.25, -0.2) is 4.79 Å². The molecule has 0 N–H and O–H groups in total. The molecule has 1 aliphatic heterocycles. The summed E-state index contributed by atoms with van der Waals surface area (Å²) in [7, 11) is 0. The molecule has 5 nitrogen and oxygen atoms in total. The molecular formula is C19H18N4O. The molecule has 1 aromatic heterocycles. The molecule has 120 valence electrons. The van der Waals surface area contributed by atoms with Crippen molar-refractivity contribution in [3.8, 4) is 6.07 Å². The van der Waals surface area contributed by atoms with Gasteiger partial charge in [0.05, 0.1) is 24.5 Å². The highest BCUT2D eigenvalue weighted by Crippen LogP contribution is 2.62. The van der Waals surface area contributed by atoms with Gasteiger partial charge < -0.3 is 4.90 Å². The monoisotopic (exact) mass is 318 g/mol. The Hall–Kier alpha value is -2.61. The zero-order chi connectivity index (χ0) is 16.3. The van der Waals surface area contributed by atoms with E-state index in [1.54, 1.807) is 17.3 Å². The Morgan fingerprint density at radius 2 is 2.00 bits per heavy atom. The van der Waals surface area contributed by atoms with Crippen LogP contribution in [0.2, 0.25) is 0 Å². The summed E-state index contributed by atoms with van der Waals surface area (Å²) in [6, 6.07) is 10.0. The summed E-state index contributed by atoms with van der Waals surface area (Å²) in [5, 5.41) is 11.6. The summed E-state index contributed by atoms with van der Waals surface area (Å²) in [6.07, 6.45) is 8.34. The van der Waals surface area contributed by atoms with Crippen molar-refractivity contribution in [1.29, 1.82) is 5.26 Å². The van der Waals surface area contributed by atoms with Crippen LogP contribution in [0, 0.1) is 16.7 Å². The molecule has 2 aliphatic carbocycles. The van der Waals surface area contributed by atoms with Gasteiger partial charge in [-0.15, -0.1) is 0 Å². The van der Waals surface area contributed by atoms with Crippen molar-refractivity contribution in [2.75, 3.05) is 11.4 Å². The minimum absolute atomic E-state index is 0.0415. The number of nitrogens with zero attached hydrogens (tertiary/aromatic N) is 4. The van der Waals surface area contributed by atoms with Gasteiger partial charge >= 0.3 is 6.03 Å². The lowest BCUT2D eigenvalue weighted by Gasteiger charge is -2.41. The van der Waals surface area contributed by atoms with Crippen LogP contribution in [0.1, 0.15) is 25.7 Å². The van der Waals surface area contributed by atoms with E-state index in [0.29, 0.717) is 18.0 Å². The van der Waals surface area contributed by atoms with Crippen molar-refractivity contribution in [3.63, 3.8) is 0 Å². The Labute approximate surface area is 140 Å². The first kappa shape index (κ1) is 13.8. The Bertz CT molecular complexity index is 869. The molecule has 1 aromatic carbocycles. The van der Waals surface area contributed by atoms with Crippen molar-refractivity contribution < 1.29 is 4.79 Å². The van der Waals surface area contributed by atoms with E-state index in [1.165, 1.54) is 12.8 Å². The minimum atomic E-state index is -0.444. The maximum Gasteiger partial charge on any atom is 0.326 e. The lowest BCUT2D eigenvalue weighted by Crippen LogP contribution is -2.47. The van der Waals surface area contributed by atoms with E-state index in [9.17, 15) is 10.1 Å². The number of urea groups is 1. The second-order valence-electron chi connectivity index (χ2n) is 7.39. The van der Waals surface area contributed by atoms with Crippen LogP contribution < -0.4 is 4.90 Å². The third-order valence-corrected chi connectivity index (χ3v) is 5.92. The van der Waals surface area contributed by atoms with E-state index in [2.05, 4.69) is 11.1 Å². The Morgan fingerprint density at radius 3 is 2.75 bits per heavy atom. The van der Waals surface area contributed by atoms with Crippen molar-refractivity contribution in [3.05, 3.63) is 36.7 Å². The zero-order valence-electron chi connectivity index (χ0n) is 13.4. The number of fused-ring (bicyclic) bond motifs is 1. The quantitative estimate of drug-likeness (QED) is 0.853. The van der Waals surface area contributed by atoms with Gasteiger partial charge in [-0.3, -0.25) is 9.88 Å². The molecule has 1 spiro atoms. The summed E-state index contributed by atoms with van der Waals surface area (Å²) in [5.41, 5.74) is 1.29. The molecule has 2 heterocycles. The molecule has 0 unspecified atom stereocenters. The highest BCUT2D eigenvalue weighted by Gasteiger charge is 2.57. The number of rotatable bonds is 2. The number of carbonyl (C=O) groups is 1. The fourth-order valence-corrected chi connectivity index (χ4v) is 4.33. The fraction of sp³-hybridized carbons (Fsp3) is 0.421. The van der Waals surface area contributed by atoms with Crippen LogP contribution in [0.3, 0.4) is 0 Å². The average molecular weight is 318 g/mol. The summed E-state index contributed by atoms with van der Waals surface area (Å²) in [4.78, 5) is 20.9. The average Bonchev–Trinajstić information content (AvgIpc) is 3.32. The van der Waals surface area contributed by atoms with Crippen LogP contribution in [-0.4, -0.2) is 34.5 Å². The standard InChI is InChI=1S/C19H18N4O/c20-9-15-12-22(14-7-19(8-14)5-6-19)18(24)23(15)17-11-21-10-13-3-1-2-4-16(13)17/h1-4,10-11,14-15H,5-8,12H2/t15-/m0/s1. The second-order valence-corrected chi connectivity index (χ2v) is 7.39. The SMILES string of the molecule is N#C[C@H]1CN(C2CC3(CC3)C2)C(=O)N1c1cncc2ccccc12. The van der Waals surface area contributed by atoms with Crippen LogP contribution in [0.5, 0.6) is 0 Å². The third kappa shape index (κ3) is 1.86. The second kappa shape index (κ2) is 4.70.